The summed E-state index contributed by atoms with van der Waals surface area (Å²) in [6, 6.07) is 8.23. The van der Waals surface area contributed by atoms with Gasteiger partial charge in [-0.1, -0.05) is 12.1 Å². The molecule has 0 aliphatic rings. The van der Waals surface area contributed by atoms with Crippen LogP contribution in [0.3, 0.4) is 0 Å². The van der Waals surface area contributed by atoms with Crippen molar-refractivity contribution in [3.63, 3.8) is 0 Å². The summed E-state index contributed by atoms with van der Waals surface area (Å²) < 4.78 is 10.7. The molecule has 0 saturated heterocycles. The van der Waals surface area contributed by atoms with Crippen LogP contribution < -0.4 is 15.8 Å². The van der Waals surface area contributed by atoms with Crippen molar-refractivity contribution in [3.8, 4) is 5.75 Å². The van der Waals surface area contributed by atoms with E-state index in [9.17, 15) is 4.79 Å². The molecular formula is C15H24N2O3. The second-order valence-electron chi connectivity index (χ2n) is 4.93. The fraction of sp³-hybridized carbons (Fsp3) is 0.533. The number of hydrogen-bond acceptors (Lipinski definition) is 4. The minimum absolute atomic E-state index is 0.0305. The summed E-state index contributed by atoms with van der Waals surface area (Å²) in [5.74, 6) is 0.430. The van der Waals surface area contributed by atoms with Crippen molar-refractivity contribution in [1.29, 1.82) is 0 Å². The minimum Gasteiger partial charge on any atom is -0.491 e. The first kappa shape index (κ1) is 16.5. The molecule has 5 heteroatoms. The fourth-order valence-electron chi connectivity index (χ4n) is 1.75. The van der Waals surface area contributed by atoms with Gasteiger partial charge in [-0.3, -0.25) is 4.79 Å². The Morgan fingerprint density at radius 1 is 1.25 bits per heavy atom. The molecule has 112 valence electrons. The summed E-state index contributed by atoms with van der Waals surface area (Å²) >= 11 is 0. The summed E-state index contributed by atoms with van der Waals surface area (Å²) in [4.78, 5) is 10.5. The average Bonchev–Trinajstić information content (AvgIpc) is 2.38. The molecule has 1 amide bonds. The maximum Gasteiger partial charge on any atom is 0.243 e. The van der Waals surface area contributed by atoms with Crippen molar-refractivity contribution in [3.05, 3.63) is 29.8 Å². The van der Waals surface area contributed by atoms with Crippen molar-refractivity contribution in [2.75, 3.05) is 19.8 Å². The van der Waals surface area contributed by atoms with Gasteiger partial charge in [-0.05, 0) is 38.5 Å². The van der Waals surface area contributed by atoms with E-state index in [0.29, 0.717) is 13.2 Å². The number of primary amides is 1. The summed E-state index contributed by atoms with van der Waals surface area (Å²) in [5, 5.41) is 3.31. The Balaban J connectivity index is 2.32. The number of carbonyl (C=O) groups excluding carboxylic acids is 1. The van der Waals surface area contributed by atoms with E-state index in [-0.39, 0.29) is 18.8 Å². The van der Waals surface area contributed by atoms with E-state index in [1.807, 2.05) is 38.1 Å². The lowest BCUT2D eigenvalue weighted by Gasteiger charge is -2.15. The lowest BCUT2D eigenvalue weighted by molar-refractivity contribution is -0.122. The van der Waals surface area contributed by atoms with E-state index in [0.717, 1.165) is 5.75 Å². The zero-order valence-electron chi connectivity index (χ0n) is 12.4. The molecule has 1 aromatic rings. The van der Waals surface area contributed by atoms with Gasteiger partial charge in [0.1, 0.15) is 12.4 Å². The SMILES string of the molecule is CC(C)Oc1ccc(C(C)NCCOCC(N)=O)cc1. The number of hydrogen-bond donors (Lipinski definition) is 2. The number of nitrogens with two attached hydrogens (primary N) is 1. The first-order valence-corrected chi connectivity index (χ1v) is 6.85. The van der Waals surface area contributed by atoms with Crippen LogP contribution in [0, 0.1) is 0 Å². The fourth-order valence-corrected chi connectivity index (χ4v) is 1.75. The molecule has 0 heterocycles. The van der Waals surface area contributed by atoms with Gasteiger partial charge in [0.25, 0.3) is 0 Å². The average molecular weight is 280 g/mol. The van der Waals surface area contributed by atoms with Crippen molar-refractivity contribution >= 4 is 5.91 Å². The Kier molecular flexibility index (Phi) is 7.04. The highest BCUT2D eigenvalue weighted by molar-refractivity contribution is 5.74. The van der Waals surface area contributed by atoms with Crippen LogP contribution in [0.2, 0.25) is 0 Å². The van der Waals surface area contributed by atoms with Gasteiger partial charge in [0.2, 0.25) is 5.91 Å². The minimum atomic E-state index is -0.446. The molecule has 0 aliphatic carbocycles. The van der Waals surface area contributed by atoms with E-state index >= 15 is 0 Å². The second-order valence-corrected chi connectivity index (χ2v) is 4.93. The molecule has 5 nitrogen and oxygen atoms in total. The zero-order valence-corrected chi connectivity index (χ0v) is 12.4. The molecule has 0 bridgehead atoms. The molecular weight excluding hydrogens is 256 g/mol. The normalized spacial score (nSPS) is 12.4. The third-order valence-corrected chi connectivity index (χ3v) is 2.69. The van der Waals surface area contributed by atoms with Crippen LogP contribution in [-0.4, -0.2) is 31.8 Å². The third-order valence-electron chi connectivity index (χ3n) is 2.69. The Morgan fingerprint density at radius 3 is 2.45 bits per heavy atom. The molecule has 1 atom stereocenters. The summed E-state index contributed by atoms with van der Waals surface area (Å²) in [6.45, 7) is 7.18. The predicted octanol–water partition coefficient (Wildman–Crippen LogP) is 1.63. The van der Waals surface area contributed by atoms with E-state index in [4.69, 9.17) is 15.2 Å². The Morgan fingerprint density at radius 2 is 1.90 bits per heavy atom. The van der Waals surface area contributed by atoms with Gasteiger partial charge >= 0.3 is 0 Å². The van der Waals surface area contributed by atoms with Crippen molar-refractivity contribution < 1.29 is 14.3 Å². The lowest BCUT2D eigenvalue weighted by Crippen LogP contribution is -2.25. The van der Waals surface area contributed by atoms with E-state index in [1.54, 1.807) is 0 Å². The third kappa shape index (κ3) is 6.54. The lowest BCUT2D eigenvalue weighted by atomic mass is 10.1. The van der Waals surface area contributed by atoms with E-state index in [2.05, 4.69) is 12.2 Å². The van der Waals surface area contributed by atoms with Crippen molar-refractivity contribution in [2.24, 2.45) is 5.73 Å². The number of amides is 1. The molecule has 1 aromatic carbocycles. The molecule has 0 spiro atoms. The summed E-state index contributed by atoms with van der Waals surface area (Å²) in [5.41, 5.74) is 6.15. The maximum atomic E-state index is 10.5. The highest BCUT2D eigenvalue weighted by atomic mass is 16.5. The molecule has 0 saturated carbocycles. The molecule has 0 radical (unpaired) electrons. The zero-order chi connectivity index (χ0) is 15.0. The molecule has 0 aliphatic heterocycles. The quantitative estimate of drug-likeness (QED) is 0.674. The van der Waals surface area contributed by atoms with E-state index < -0.39 is 5.91 Å². The molecule has 1 unspecified atom stereocenters. The predicted molar refractivity (Wildman–Crippen MR) is 78.6 cm³/mol. The molecule has 20 heavy (non-hydrogen) atoms. The number of benzene rings is 1. The maximum absolute atomic E-state index is 10.5. The number of rotatable bonds is 9. The van der Waals surface area contributed by atoms with Gasteiger partial charge in [0.05, 0.1) is 12.7 Å². The van der Waals surface area contributed by atoms with Crippen LogP contribution in [0.5, 0.6) is 5.75 Å². The smallest absolute Gasteiger partial charge is 0.243 e. The largest absolute Gasteiger partial charge is 0.491 e. The van der Waals surface area contributed by atoms with Crippen LogP contribution in [0.25, 0.3) is 0 Å². The second kappa shape index (κ2) is 8.55. The summed E-state index contributed by atoms with van der Waals surface area (Å²) in [7, 11) is 0. The monoisotopic (exact) mass is 280 g/mol. The summed E-state index contributed by atoms with van der Waals surface area (Å²) in [6.07, 6.45) is 0.179. The van der Waals surface area contributed by atoms with Crippen LogP contribution in [0.1, 0.15) is 32.4 Å². The van der Waals surface area contributed by atoms with E-state index in [1.165, 1.54) is 5.56 Å². The highest BCUT2D eigenvalue weighted by Crippen LogP contribution is 2.18. The Bertz CT molecular complexity index is 404. The van der Waals surface area contributed by atoms with Gasteiger partial charge in [-0.25, -0.2) is 0 Å². The number of nitrogens with one attached hydrogen (secondary N) is 1. The topological polar surface area (TPSA) is 73.6 Å². The molecule has 1 rings (SSSR count). The van der Waals surface area contributed by atoms with Gasteiger partial charge in [0.15, 0.2) is 0 Å². The standard InChI is InChI=1S/C15H24N2O3/c1-11(2)20-14-6-4-13(5-7-14)12(3)17-8-9-19-10-15(16)18/h4-7,11-12,17H,8-10H2,1-3H3,(H2,16,18). The first-order chi connectivity index (χ1) is 9.49. The molecule has 0 aromatic heterocycles. The van der Waals surface area contributed by atoms with Crippen molar-refractivity contribution in [2.45, 2.75) is 32.9 Å². The number of ether oxygens (including phenoxy) is 2. The van der Waals surface area contributed by atoms with Crippen LogP contribution in [0.4, 0.5) is 0 Å². The van der Waals surface area contributed by atoms with Crippen molar-refractivity contribution in [1.82, 2.24) is 5.32 Å². The van der Waals surface area contributed by atoms with Crippen LogP contribution >= 0.6 is 0 Å². The van der Waals surface area contributed by atoms with Crippen LogP contribution in [0.15, 0.2) is 24.3 Å². The Hall–Kier alpha value is -1.59. The van der Waals surface area contributed by atoms with Gasteiger partial charge in [-0.2, -0.15) is 0 Å². The Labute approximate surface area is 120 Å². The number of carbonyl (C=O) groups is 1. The molecule has 0 fully saturated rings. The molecule has 3 N–H and O–H groups in total. The van der Waals surface area contributed by atoms with Crippen LogP contribution in [-0.2, 0) is 9.53 Å². The van der Waals surface area contributed by atoms with Gasteiger partial charge in [0, 0.05) is 12.6 Å². The van der Waals surface area contributed by atoms with Gasteiger partial charge in [-0.15, -0.1) is 0 Å². The van der Waals surface area contributed by atoms with Gasteiger partial charge < -0.3 is 20.5 Å². The highest BCUT2D eigenvalue weighted by Gasteiger charge is 2.05. The first-order valence-electron chi connectivity index (χ1n) is 6.85.